The fraction of sp³-hybridized carbons (Fsp3) is 0.474. The van der Waals surface area contributed by atoms with Crippen molar-refractivity contribution in [2.24, 2.45) is 0 Å². The summed E-state index contributed by atoms with van der Waals surface area (Å²) in [4.78, 5) is 48.2. The number of fused-ring (bicyclic) bond motifs is 1. The second-order valence-electron chi connectivity index (χ2n) is 8.28. The van der Waals surface area contributed by atoms with Crippen LogP contribution in [0.25, 0.3) is 0 Å². The first-order valence-corrected chi connectivity index (χ1v) is 11.5. The quantitative estimate of drug-likeness (QED) is 0.147. The molecule has 0 bridgehead atoms. The van der Waals surface area contributed by atoms with Gasteiger partial charge in [-0.1, -0.05) is 0 Å². The number of β-lactam (4-membered cyclic amide) rings is 1. The van der Waals surface area contributed by atoms with Gasteiger partial charge in [0.05, 0.1) is 15.9 Å². The minimum Gasteiger partial charge on any atom is -0.455 e. The summed E-state index contributed by atoms with van der Waals surface area (Å²) in [6.07, 6.45) is 0. The molecule has 33 heavy (non-hydrogen) atoms. The first kappa shape index (κ1) is 25.0. The molecular weight excluding hydrogens is 476 g/mol. The molecule has 12 nitrogen and oxygen atoms in total. The zero-order valence-electron chi connectivity index (χ0n) is 18.4. The van der Waals surface area contributed by atoms with Gasteiger partial charge in [0.25, 0.3) is 17.3 Å². The number of carbonyl (C=O) groups is 2. The fourth-order valence-corrected chi connectivity index (χ4v) is 5.68. The number of rotatable bonds is 7. The Bertz CT molecular complexity index is 1070. The van der Waals surface area contributed by atoms with Crippen molar-refractivity contribution in [3.8, 4) is 0 Å². The highest BCUT2D eigenvalue weighted by molar-refractivity contribution is 8.00. The van der Waals surface area contributed by atoms with Crippen LogP contribution in [0.1, 0.15) is 27.7 Å². The lowest BCUT2D eigenvalue weighted by atomic mass is 9.99. The molecule has 0 unspecified atom stereocenters. The Kier molecular flexibility index (Phi) is 6.75. The van der Waals surface area contributed by atoms with Crippen LogP contribution in [0.5, 0.6) is 0 Å². The van der Waals surface area contributed by atoms with Crippen LogP contribution in [0.4, 0.5) is 11.4 Å². The molecule has 2 atom stereocenters. The number of nitro benzene ring substituents is 2. The molecule has 0 aliphatic carbocycles. The van der Waals surface area contributed by atoms with Crippen molar-refractivity contribution in [2.45, 2.75) is 49.3 Å². The normalized spacial score (nSPS) is 22.5. The zero-order valence-corrected chi connectivity index (χ0v) is 20.1. The first-order chi connectivity index (χ1) is 15.3. The fourth-order valence-electron chi connectivity index (χ4n) is 3.30. The van der Waals surface area contributed by atoms with Crippen LogP contribution in [0.2, 0.25) is 0 Å². The van der Waals surface area contributed by atoms with Crippen LogP contribution in [0.3, 0.4) is 0 Å². The third kappa shape index (κ3) is 4.55. The van der Waals surface area contributed by atoms with Crippen LogP contribution in [0, 0.1) is 20.2 Å². The summed E-state index contributed by atoms with van der Waals surface area (Å²) in [5, 5.41) is 21.7. The van der Waals surface area contributed by atoms with E-state index in [0.29, 0.717) is 11.3 Å². The van der Waals surface area contributed by atoms with E-state index < -0.39 is 49.8 Å². The average molecular weight is 499 g/mol. The van der Waals surface area contributed by atoms with E-state index in [0.717, 1.165) is 24.1 Å². The molecule has 178 valence electrons. The van der Waals surface area contributed by atoms with Gasteiger partial charge in [0.1, 0.15) is 21.6 Å². The van der Waals surface area contributed by atoms with Gasteiger partial charge >= 0.3 is 5.97 Å². The van der Waals surface area contributed by atoms with E-state index in [4.69, 9.17) is 9.47 Å². The topological polar surface area (TPSA) is 154 Å². The molecule has 1 amide bonds. The Morgan fingerprint density at radius 3 is 2.52 bits per heavy atom. The molecule has 2 heterocycles. The molecule has 0 spiro atoms. The second-order valence-corrected chi connectivity index (χ2v) is 10.2. The largest absolute Gasteiger partial charge is 0.455 e. The Labute approximate surface area is 197 Å². The molecule has 2 aliphatic rings. The Morgan fingerprint density at radius 1 is 1.30 bits per heavy atom. The number of nitrogens with zero attached hydrogens (tertiary/aromatic N) is 3. The molecule has 2 aliphatic heterocycles. The smallest absolute Gasteiger partial charge is 0.355 e. The standard InChI is InChI=1S/C19H22N4O8S2/c1-10-9-32-17-19(30-5,16(25)21(17)14(10)15(24)31-18(2,3)4)20-33-13-7-6-11(22(26)27)8-12(13)23(28)29/h6-8,17,20H,9H2,1-5H3/t17-,19-/m0/s1. The van der Waals surface area contributed by atoms with Gasteiger partial charge in [-0.3, -0.25) is 29.9 Å². The minimum atomic E-state index is -1.57. The van der Waals surface area contributed by atoms with Gasteiger partial charge in [-0.25, -0.2) is 9.52 Å². The number of hydrogen-bond donors (Lipinski definition) is 1. The summed E-state index contributed by atoms with van der Waals surface area (Å²) in [5.41, 5.74) is -2.40. The molecule has 0 aromatic heterocycles. The van der Waals surface area contributed by atoms with Gasteiger partial charge in [-0.15, -0.1) is 11.8 Å². The maximum absolute atomic E-state index is 13.2. The SMILES string of the molecule is CO[C@@]1(NSc2ccc([N+](=O)[O-])cc2[N+](=O)[O-])C(=O)N2C(C(=O)OC(C)(C)C)=C(C)CS[C@H]21. The number of nitrogens with one attached hydrogen (secondary N) is 1. The van der Waals surface area contributed by atoms with Gasteiger partial charge in [0, 0.05) is 18.9 Å². The van der Waals surface area contributed by atoms with Crippen molar-refractivity contribution in [3.05, 3.63) is 49.7 Å². The van der Waals surface area contributed by atoms with Crippen molar-refractivity contribution in [1.29, 1.82) is 0 Å². The maximum Gasteiger partial charge on any atom is 0.355 e. The number of hydrogen-bond acceptors (Lipinski definition) is 11. The summed E-state index contributed by atoms with van der Waals surface area (Å²) in [6, 6.07) is 3.20. The van der Waals surface area contributed by atoms with E-state index in [-0.39, 0.29) is 10.6 Å². The molecule has 1 aromatic rings. The van der Waals surface area contributed by atoms with E-state index in [1.165, 1.54) is 29.8 Å². The van der Waals surface area contributed by atoms with Crippen LogP contribution in [-0.4, -0.2) is 56.2 Å². The van der Waals surface area contributed by atoms with Crippen molar-refractivity contribution >= 4 is 47.0 Å². The van der Waals surface area contributed by atoms with Crippen LogP contribution in [-0.2, 0) is 19.1 Å². The molecule has 3 rings (SSSR count). The lowest BCUT2D eigenvalue weighted by molar-refractivity contribution is -0.396. The molecule has 1 fully saturated rings. The molecular formula is C19H22N4O8S2. The molecule has 14 heteroatoms. The van der Waals surface area contributed by atoms with Crippen LogP contribution >= 0.6 is 23.7 Å². The van der Waals surface area contributed by atoms with E-state index in [2.05, 4.69) is 4.72 Å². The lowest BCUT2D eigenvalue weighted by Gasteiger charge is -2.55. The highest BCUT2D eigenvalue weighted by Crippen LogP contribution is 2.48. The summed E-state index contributed by atoms with van der Waals surface area (Å²) in [7, 11) is 1.31. The number of thioether (sulfide) groups is 1. The number of methoxy groups -OCH3 is 1. The summed E-state index contributed by atoms with van der Waals surface area (Å²) < 4.78 is 13.8. The van der Waals surface area contributed by atoms with Gasteiger partial charge in [-0.2, -0.15) is 0 Å². The molecule has 1 aromatic carbocycles. The number of nitro groups is 2. The molecule has 0 radical (unpaired) electrons. The van der Waals surface area contributed by atoms with E-state index >= 15 is 0 Å². The monoisotopic (exact) mass is 498 g/mol. The number of esters is 1. The summed E-state index contributed by atoms with van der Waals surface area (Å²) >= 11 is 2.11. The van der Waals surface area contributed by atoms with Gasteiger partial charge in [0.2, 0.25) is 5.72 Å². The number of carbonyl (C=O) groups excluding carboxylic acids is 2. The number of ether oxygens (including phenoxy) is 2. The van der Waals surface area contributed by atoms with E-state index in [1.54, 1.807) is 27.7 Å². The van der Waals surface area contributed by atoms with Gasteiger partial charge < -0.3 is 9.47 Å². The van der Waals surface area contributed by atoms with E-state index in [9.17, 15) is 29.8 Å². The van der Waals surface area contributed by atoms with Crippen molar-refractivity contribution in [2.75, 3.05) is 12.9 Å². The Balaban J connectivity index is 1.86. The molecule has 1 N–H and O–H groups in total. The lowest BCUT2D eigenvalue weighted by Crippen LogP contribution is -2.79. The highest BCUT2D eigenvalue weighted by Gasteiger charge is 2.66. The van der Waals surface area contributed by atoms with Crippen molar-refractivity contribution < 1.29 is 28.9 Å². The van der Waals surface area contributed by atoms with Crippen LogP contribution in [0.15, 0.2) is 34.4 Å². The first-order valence-electron chi connectivity index (χ1n) is 9.62. The van der Waals surface area contributed by atoms with E-state index in [1.807, 2.05) is 0 Å². The van der Waals surface area contributed by atoms with Crippen LogP contribution < -0.4 is 4.72 Å². The zero-order chi connectivity index (χ0) is 24.7. The van der Waals surface area contributed by atoms with Crippen molar-refractivity contribution in [1.82, 2.24) is 9.62 Å². The molecule has 0 saturated carbocycles. The second kappa shape index (κ2) is 8.93. The van der Waals surface area contributed by atoms with Crippen molar-refractivity contribution in [3.63, 3.8) is 0 Å². The van der Waals surface area contributed by atoms with Gasteiger partial charge in [0.15, 0.2) is 0 Å². The highest BCUT2D eigenvalue weighted by atomic mass is 32.2. The average Bonchev–Trinajstić information content (AvgIpc) is 2.72. The Hall–Kier alpha value is -2.68. The number of amides is 1. The maximum atomic E-state index is 13.2. The summed E-state index contributed by atoms with van der Waals surface area (Å²) in [5.74, 6) is -0.737. The third-order valence-corrected chi connectivity index (χ3v) is 7.23. The van der Waals surface area contributed by atoms with Gasteiger partial charge in [-0.05, 0) is 51.3 Å². The predicted octanol–water partition coefficient (Wildman–Crippen LogP) is 2.97. The molecule has 1 saturated heterocycles. The number of non-ortho nitro benzene ring substituents is 1. The Morgan fingerprint density at radius 2 is 1.97 bits per heavy atom. The number of benzene rings is 1. The third-order valence-electron chi connectivity index (χ3n) is 4.80. The summed E-state index contributed by atoms with van der Waals surface area (Å²) in [6.45, 7) is 6.92. The minimum absolute atomic E-state index is 0.0631. The predicted molar refractivity (Wildman–Crippen MR) is 120 cm³/mol.